The van der Waals surface area contributed by atoms with E-state index in [0.29, 0.717) is 16.3 Å². The first-order chi connectivity index (χ1) is 7.58. The van der Waals surface area contributed by atoms with Gasteiger partial charge in [-0.05, 0) is 47.7 Å². The number of nitrogens with zero attached hydrogens (tertiary/aromatic N) is 1. The van der Waals surface area contributed by atoms with Gasteiger partial charge >= 0.3 is 5.97 Å². The van der Waals surface area contributed by atoms with Crippen molar-refractivity contribution in [3.8, 4) is 5.75 Å². The van der Waals surface area contributed by atoms with E-state index in [9.17, 15) is 4.79 Å². The van der Waals surface area contributed by atoms with E-state index in [1.807, 2.05) is 6.92 Å². The van der Waals surface area contributed by atoms with Crippen LogP contribution in [0.15, 0.2) is 16.9 Å². The van der Waals surface area contributed by atoms with Crippen molar-refractivity contribution >= 4 is 21.9 Å². The van der Waals surface area contributed by atoms with Crippen LogP contribution in [0.2, 0.25) is 0 Å². The summed E-state index contributed by atoms with van der Waals surface area (Å²) in [5.41, 5.74) is 0.148. The first kappa shape index (κ1) is 11.4. The molecule has 0 amide bonds. The minimum absolute atomic E-state index is 0.0566. The maximum atomic E-state index is 11.0. The first-order valence-corrected chi connectivity index (χ1v) is 5.92. The molecule has 86 valence electrons. The van der Waals surface area contributed by atoms with Gasteiger partial charge in [-0.3, -0.25) is 0 Å². The van der Waals surface area contributed by atoms with E-state index < -0.39 is 5.97 Å². The third kappa shape index (κ3) is 2.52. The minimum atomic E-state index is -0.999. The van der Waals surface area contributed by atoms with Crippen LogP contribution in [-0.4, -0.2) is 22.2 Å². The summed E-state index contributed by atoms with van der Waals surface area (Å²) in [6.07, 6.45) is 3.83. The zero-order chi connectivity index (χ0) is 11.7. The number of ether oxygens (including phenoxy) is 1. The van der Waals surface area contributed by atoms with Gasteiger partial charge in [0.1, 0.15) is 10.2 Å². The normalized spacial score (nSPS) is 16.9. The number of aromatic carboxylic acids is 1. The number of hydrogen-bond acceptors (Lipinski definition) is 3. The molecule has 1 N–H and O–H groups in total. The molecule has 4 nitrogen and oxygen atoms in total. The van der Waals surface area contributed by atoms with Crippen LogP contribution in [0.4, 0.5) is 0 Å². The monoisotopic (exact) mass is 285 g/mol. The molecule has 1 aromatic heterocycles. The zero-order valence-corrected chi connectivity index (χ0v) is 10.4. The Morgan fingerprint density at radius 3 is 2.94 bits per heavy atom. The zero-order valence-electron chi connectivity index (χ0n) is 8.81. The Labute approximate surface area is 102 Å². The number of aromatic nitrogens is 1. The maximum absolute atomic E-state index is 11.0. The topological polar surface area (TPSA) is 59.4 Å². The fraction of sp³-hybridized carbons (Fsp3) is 0.455. The van der Waals surface area contributed by atoms with Gasteiger partial charge in [0.2, 0.25) is 0 Å². The highest BCUT2D eigenvalue weighted by atomic mass is 79.9. The van der Waals surface area contributed by atoms with Gasteiger partial charge in [-0.1, -0.05) is 0 Å². The highest BCUT2D eigenvalue weighted by Crippen LogP contribution is 2.35. The Morgan fingerprint density at radius 1 is 1.69 bits per heavy atom. The van der Waals surface area contributed by atoms with Crippen LogP contribution >= 0.6 is 15.9 Å². The molecule has 0 spiro atoms. The summed E-state index contributed by atoms with van der Waals surface area (Å²) < 4.78 is 6.12. The summed E-state index contributed by atoms with van der Waals surface area (Å²) in [5, 5.41) is 9.03. The second-order valence-electron chi connectivity index (χ2n) is 3.97. The molecule has 0 saturated heterocycles. The van der Waals surface area contributed by atoms with Gasteiger partial charge in [0.05, 0.1) is 12.3 Å². The lowest BCUT2D eigenvalue weighted by Crippen LogP contribution is -2.16. The van der Waals surface area contributed by atoms with E-state index in [2.05, 4.69) is 20.9 Å². The molecule has 1 aliphatic carbocycles. The van der Waals surface area contributed by atoms with Crippen LogP contribution in [0.25, 0.3) is 0 Å². The summed E-state index contributed by atoms with van der Waals surface area (Å²) >= 11 is 3.14. The predicted molar refractivity (Wildman–Crippen MR) is 61.7 cm³/mol. The lowest BCUT2D eigenvalue weighted by atomic mass is 10.2. The average Bonchev–Trinajstić information content (AvgIpc) is 3.03. The summed E-state index contributed by atoms with van der Waals surface area (Å²) in [6.45, 7) is 1.96. The summed E-state index contributed by atoms with van der Waals surface area (Å²) in [7, 11) is 0. The van der Waals surface area contributed by atoms with Crippen LogP contribution in [-0.2, 0) is 0 Å². The van der Waals surface area contributed by atoms with Crippen molar-refractivity contribution in [1.82, 2.24) is 4.98 Å². The molecule has 0 radical (unpaired) electrons. The Kier molecular flexibility index (Phi) is 3.14. The highest BCUT2D eigenvalue weighted by molar-refractivity contribution is 9.10. The molecule has 1 heterocycles. The van der Waals surface area contributed by atoms with Gasteiger partial charge in [0.15, 0.2) is 5.75 Å². The molecule has 1 atom stereocenters. The van der Waals surface area contributed by atoms with Crippen LogP contribution in [0, 0.1) is 5.92 Å². The maximum Gasteiger partial charge on any atom is 0.339 e. The average molecular weight is 286 g/mol. The van der Waals surface area contributed by atoms with Crippen molar-refractivity contribution in [3.05, 3.63) is 22.4 Å². The van der Waals surface area contributed by atoms with Crippen molar-refractivity contribution < 1.29 is 14.6 Å². The predicted octanol–water partition coefficient (Wildman–Crippen LogP) is 2.72. The highest BCUT2D eigenvalue weighted by Gasteiger charge is 2.30. The van der Waals surface area contributed by atoms with Gasteiger partial charge in [0, 0.05) is 0 Å². The molecule has 1 aliphatic rings. The molecule has 16 heavy (non-hydrogen) atoms. The smallest absolute Gasteiger partial charge is 0.339 e. The Balaban J connectivity index is 2.21. The number of halogens is 1. The van der Waals surface area contributed by atoms with Gasteiger partial charge in [-0.2, -0.15) is 0 Å². The molecule has 1 aromatic rings. The summed E-state index contributed by atoms with van der Waals surface area (Å²) in [5.74, 6) is -0.0958. The van der Waals surface area contributed by atoms with E-state index in [1.165, 1.54) is 12.3 Å². The Morgan fingerprint density at radius 2 is 2.38 bits per heavy atom. The van der Waals surface area contributed by atoms with E-state index in [-0.39, 0.29) is 11.7 Å². The molecule has 5 heteroatoms. The lowest BCUT2D eigenvalue weighted by molar-refractivity contribution is 0.0688. The molecule has 2 rings (SSSR count). The van der Waals surface area contributed by atoms with Gasteiger partial charge in [0.25, 0.3) is 0 Å². The fourth-order valence-corrected chi connectivity index (χ4v) is 1.87. The van der Waals surface area contributed by atoms with E-state index in [4.69, 9.17) is 9.84 Å². The molecule has 1 fully saturated rings. The van der Waals surface area contributed by atoms with Crippen molar-refractivity contribution in [2.45, 2.75) is 25.9 Å². The van der Waals surface area contributed by atoms with Crippen molar-refractivity contribution in [2.75, 3.05) is 0 Å². The fourth-order valence-electron chi connectivity index (χ4n) is 1.54. The van der Waals surface area contributed by atoms with Crippen molar-refractivity contribution in [1.29, 1.82) is 0 Å². The van der Waals surface area contributed by atoms with Gasteiger partial charge in [-0.15, -0.1) is 0 Å². The standard InChI is InChI=1S/C11H12BrNO3/c1-6(7-2-3-7)16-9-5-13-10(12)4-8(9)11(14)15/h4-7H,2-3H2,1H3,(H,14,15). The summed E-state index contributed by atoms with van der Waals surface area (Å²) in [4.78, 5) is 15.0. The molecular formula is C11H12BrNO3. The molecule has 0 aliphatic heterocycles. The Hall–Kier alpha value is -1.10. The molecule has 0 bridgehead atoms. The number of carbonyl (C=O) groups is 1. The largest absolute Gasteiger partial charge is 0.488 e. The van der Waals surface area contributed by atoms with Crippen LogP contribution in [0.5, 0.6) is 5.75 Å². The van der Waals surface area contributed by atoms with Gasteiger partial charge in [-0.25, -0.2) is 9.78 Å². The van der Waals surface area contributed by atoms with Crippen molar-refractivity contribution in [2.24, 2.45) is 5.92 Å². The number of pyridine rings is 1. The number of hydrogen-bond donors (Lipinski definition) is 1. The quantitative estimate of drug-likeness (QED) is 0.864. The molecule has 0 aromatic carbocycles. The van der Waals surface area contributed by atoms with Gasteiger partial charge < -0.3 is 9.84 Å². The summed E-state index contributed by atoms with van der Waals surface area (Å²) in [6, 6.07) is 1.46. The molecule has 1 saturated carbocycles. The lowest BCUT2D eigenvalue weighted by Gasteiger charge is -2.15. The second kappa shape index (κ2) is 4.41. The number of carboxylic acids is 1. The second-order valence-corrected chi connectivity index (χ2v) is 4.78. The number of carboxylic acid groups (broad SMARTS) is 1. The molecule has 1 unspecified atom stereocenters. The van der Waals surface area contributed by atoms with Crippen molar-refractivity contribution in [3.63, 3.8) is 0 Å². The first-order valence-electron chi connectivity index (χ1n) is 5.13. The third-order valence-corrected chi connectivity index (χ3v) is 3.10. The van der Waals surface area contributed by atoms with E-state index in [0.717, 1.165) is 12.8 Å². The van der Waals surface area contributed by atoms with Crippen LogP contribution in [0.3, 0.4) is 0 Å². The Bertz CT molecular complexity index is 418. The molecular weight excluding hydrogens is 274 g/mol. The minimum Gasteiger partial charge on any atom is -0.488 e. The van der Waals surface area contributed by atoms with Crippen LogP contribution < -0.4 is 4.74 Å². The number of rotatable bonds is 4. The third-order valence-electron chi connectivity index (χ3n) is 2.66. The SMILES string of the molecule is CC(Oc1cnc(Br)cc1C(=O)O)C1CC1. The van der Waals surface area contributed by atoms with E-state index >= 15 is 0 Å². The van der Waals surface area contributed by atoms with Crippen LogP contribution in [0.1, 0.15) is 30.1 Å². The van der Waals surface area contributed by atoms with E-state index in [1.54, 1.807) is 0 Å².